The number of unbranched alkanes of at least 4 members (excludes halogenated alkanes) is 1. The number of aliphatic carboxylic acids is 1. The minimum Gasteiger partial charge on any atom is -0.480 e. The van der Waals surface area contributed by atoms with Gasteiger partial charge in [0.25, 0.3) is 5.91 Å². The van der Waals surface area contributed by atoms with Gasteiger partial charge in [0.1, 0.15) is 36.8 Å². The lowest BCUT2D eigenvalue weighted by molar-refractivity contribution is -0.409. The Morgan fingerprint density at radius 3 is 1.76 bits per heavy atom. The molecule has 0 spiro atoms. The van der Waals surface area contributed by atoms with Crippen LogP contribution in [0.25, 0.3) is 0 Å². The van der Waals surface area contributed by atoms with Crippen LogP contribution < -0.4 is 43.8 Å². The summed E-state index contributed by atoms with van der Waals surface area (Å²) < 4.78 is 0. The predicted octanol–water partition coefficient (Wildman–Crippen LogP) is -4.50. The summed E-state index contributed by atoms with van der Waals surface area (Å²) in [5.41, 5.74) is 12.4. The molecular formula is C28H54N8O9+2. The van der Waals surface area contributed by atoms with Crippen LogP contribution in [0, 0.1) is 11.8 Å². The average molecular weight is 647 g/mol. The Morgan fingerprint density at radius 2 is 1.27 bits per heavy atom. The highest BCUT2D eigenvalue weighted by Gasteiger charge is 2.33. The molecule has 15 N–H and O–H groups in total. The Hall–Kier alpha value is -3.83. The van der Waals surface area contributed by atoms with E-state index in [4.69, 9.17) is 10.8 Å². The maximum absolute atomic E-state index is 13.5. The molecular weight excluding hydrogens is 592 g/mol. The van der Waals surface area contributed by atoms with Crippen molar-refractivity contribution >= 4 is 41.4 Å². The molecule has 0 aromatic heterocycles. The highest BCUT2D eigenvalue weighted by molar-refractivity contribution is 5.96. The number of hydrogen-bond acceptors (Lipinski definition) is 8. The maximum Gasteiger partial charge on any atom is 0.326 e. The molecule has 0 aliphatic rings. The van der Waals surface area contributed by atoms with Crippen LogP contribution in [0.1, 0.15) is 73.1 Å². The van der Waals surface area contributed by atoms with Crippen LogP contribution in [0.5, 0.6) is 0 Å². The lowest BCUT2D eigenvalue weighted by Crippen LogP contribution is -2.70. The first kappa shape index (κ1) is 41.2. The third-order valence-corrected chi connectivity index (χ3v) is 6.85. The summed E-state index contributed by atoms with van der Waals surface area (Å²) in [5, 5.41) is 31.2. The minimum absolute atomic E-state index is 0.0895. The first-order valence-electron chi connectivity index (χ1n) is 15.2. The monoisotopic (exact) mass is 646 g/mol. The van der Waals surface area contributed by atoms with Crippen molar-refractivity contribution in [1.29, 1.82) is 0 Å². The Kier molecular flexibility index (Phi) is 19.2. The summed E-state index contributed by atoms with van der Waals surface area (Å²) in [6, 6.07) is -6.79. The smallest absolute Gasteiger partial charge is 0.326 e. The van der Waals surface area contributed by atoms with Gasteiger partial charge >= 0.3 is 5.97 Å². The van der Waals surface area contributed by atoms with Crippen LogP contribution in [-0.4, -0.2) is 101 Å². The Balaban J connectivity index is 5.87. The van der Waals surface area contributed by atoms with Crippen LogP contribution in [0.15, 0.2) is 0 Å². The number of carbonyl (C=O) groups excluding carboxylic acids is 6. The molecule has 258 valence electrons. The van der Waals surface area contributed by atoms with E-state index in [-0.39, 0.29) is 31.6 Å². The van der Waals surface area contributed by atoms with Gasteiger partial charge in [0.15, 0.2) is 6.04 Å². The van der Waals surface area contributed by atoms with Gasteiger partial charge < -0.3 is 54.0 Å². The van der Waals surface area contributed by atoms with Gasteiger partial charge in [0.05, 0.1) is 6.54 Å². The van der Waals surface area contributed by atoms with E-state index >= 15 is 0 Å². The zero-order valence-electron chi connectivity index (χ0n) is 27.0. The number of amides is 6. The van der Waals surface area contributed by atoms with Crippen LogP contribution >= 0.6 is 0 Å². The maximum atomic E-state index is 13.5. The molecule has 0 unspecified atom stereocenters. The highest BCUT2D eigenvalue weighted by atomic mass is 16.4. The molecule has 0 heterocycles. The fourth-order valence-corrected chi connectivity index (χ4v) is 4.14. The molecule has 0 saturated carbocycles. The zero-order chi connectivity index (χ0) is 34.9. The van der Waals surface area contributed by atoms with E-state index in [0.29, 0.717) is 19.4 Å². The average Bonchev–Trinajstić information content (AvgIpc) is 2.95. The fourth-order valence-electron chi connectivity index (χ4n) is 4.14. The SMILES string of the molecule is CC(C)C[C@H](NC(=O)[C@H](CCCC[NH3+])NC(=O)[C@@H](NC(=O)[C@H](C)NC(=O)[C@@H]([NH3+])CO)C(C)C)C(=O)N[C@@H](CCC(N)=O)C(=O)O. The fraction of sp³-hybridized carbons (Fsp3) is 0.750. The highest BCUT2D eigenvalue weighted by Crippen LogP contribution is 2.10. The van der Waals surface area contributed by atoms with Crippen molar-refractivity contribution < 1.29 is 55.2 Å². The summed E-state index contributed by atoms with van der Waals surface area (Å²) >= 11 is 0. The quantitative estimate of drug-likeness (QED) is 0.0506. The Morgan fingerprint density at radius 1 is 0.711 bits per heavy atom. The van der Waals surface area contributed by atoms with E-state index in [0.717, 1.165) is 0 Å². The molecule has 0 bridgehead atoms. The second-order valence-electron chi connectivity index (χ2n) is 11.8. The number of carboxylic acids is 1. The minimum atomic E-state index is -1.41. The van der Waals surface area contributed by atoms with Gasteiger partial charge in [-0.05, 0) is 50.9 Å². The Bertz CT molecular complexity index is 1020. The van der Waals surface area contributed by atoms with Crippen LogP contribution in [0.4, 0.5) is 0 Å². The van der Waals surface area contributed by atoms with Gasteiger partial charge in [-0.15, -0.1) is 0 Å². The molecule has 0 aromatic carbocycles. The van der Waals surface area contributed by atoms with E-state index in [1.54, 1.807) is 13.8 Å². The molecule has 0 aliphatic carbocycles. The molecule has 45 heavy (non-hydrogen) atoms. The van der Waals surface area contributed by atoms with Gasteiger partial charge in [0, 0.05) is 6.42 Å². The number of rotatable bonds is 22. The van der Waals surface area contributed by atoms with E-state index in [1.165, 1.54) is 6.92 Å². The van der Waals surface area contributed by atoms with Crippen molar-refractivity contribution in [3.8, 4) is 0 Å². The van der Waals surface area contributed by atoms with Crippen molar-refractivity contribution in [3.63, 3.8) is 0 Å². The summed E-state index contributed by atoms with van der Waals surface area (Å²) in [5.74, 6) is -6.05. The lowest BCUT2D eigenvalue weighted by atomic mass is 9.99. The van der Waals surface area contributed by atoms with E-state index in [2.05, 4.69) is 38.1 Å². The second kappa shape index (κ2) is 21.0. The number of nitrogens with two attached hydrogens (primary N) is 1. The number of primary amides is 1. The zero-order valence-corrected chi connectivity index (χ0v) is 27.0. The molecule has 17 heteroatoms. The number of carbonyl (C=O) groups is 7. The summed E-state index contributed by atoms with van der Waals surface area (Å²) in [4.78, 5) is 87.6. The van der Waals surface area contributed by atoms with Crippen molar-refractivity contribution in [2.75, 3.05) is 13.2 Å². The first-order valence-corrected chi connectivity index (χ1v) is 15.2. The number of quaternary nitrogens is 2. The molecule has 0 saturated heterocycles. The van der Waals surface area contributed by atoms with Crippen molar-refractivity contribution in [2.45, 2.75) is 109 Å². The summed E-state index contributed by atoms with van der Waals surface area (Å²) in [6.07, 6.45) is 1.00. The normalized spacial score (nSPS) is 15.2. The number of carboxylic acid groups (broad SMARTS) is 1. The molecule has 6 atom stereocenters. The molecule has 0 radical (unpaired) electrons. The van der Waals surface area contributed by atoms with Crippen LogP contribution in [-0.2, 0) is 33.6 Å². The van der Waals surface area contributed by atoms with E-state index in [1.807, 2.05) is 13.8 Å². The van der Waals surface area contributed by atoms with Crippen molar-refractivity contribution in [1.82, 2.24) is 26.6 Å². The molecule has 0 fully saturated rings. The van der Waals surface area contributed by atoms with Gasteiger partial charge in [-0.1, -0.05) is 27.7 Å². The first-order chi connectivity index (χ1) is 20.9. The van der Waals surface area contributed by atoms with Crippen molar-refractivity contribution in [2.24, 2.45) is 17.6 Å². The van der Waals surface area contributed by atoms with Gasteiger partial charge in [-0.2, -0.15) is 0 Å². The van der Waals surface area contributed by atoms with Crippen LogP contribution in [0.2, 0.25) is 0 Å². The van der Waals surface area contributed by atoms with Crippen molar-refractivity contribution in [3.05, 3.63) is 0 Å². The number of aliphatic hydroxyl groups is 1. The van der Waals surface area contributed by atoms with Gasteiger partial charge in [0.2, 0.25) is 29.5 Å². The molecule has 6 amide bonds. The largest absolute Gasteiger partial charge is 0.480 e. The van der Waals surface area contributed by atoms with Gasteiger partial charge in [-0.25, -0.2) is 4.79 Å². The molecule has 17 nitrogen and oxygen atoms in total. The van der Waals surface area contributed by atoms with Crippen LogP contribution in [0.3, 0.4) is 0 Å². The molecule has 0 aliphatic heterocycles. The number of hydrogen-bond donors (Lipinski definition) is 10. The van der Waals surface area contributed by atoms with E-state index in [9.17, 15) is 38.7 Å². The Labute approximate surface area is 263 Å². The predicted molar refractivity (Wildman–Crippen MR) is 161 cm³/mol. The number of nitrogens with one attached hydrogen (secondary N) is 5. The number of aliphatic hydroxyl groups excluding tert-OH is 1. The lowest BCUT2D eigenvalue weighted by Gasteiger charge is -2.28. The summed E-state index contributed by atoms with van der Waals surface area (Å²) in [7, 11) is 0. The second-order valence-corrected chi connectivity index (χ2v) is 11.8. The third-order valence-electron chi connectivity index (χ3n) is 6.85. The molecule has 0 aromatic rings. The standard InChI is InChI=1S/C28H52N8O9/c1-14(2)12-20(26(42)34-19(28(44)45)9-10-21(31)38)35-25(41)18(8-6-7-11-29)33-27(43)22(15(3)4)36-23(39)16(5)32-24(40)17(30)13-37/h14-20,22,37H,6-13,29-30H2,1-5H3,(H2,31,38)(H,32,40)(H,33,43)(H,34,42)(H,35,41)(H,36,39)(H,44,45)/p+2/t16-,17-,18-,19-,20-,22-/m0/s1. The third kappa shape index (κ3) is 16.2. The molecule has 0 rings (SSSR count). The van der Waals surface area contributed by atoms with Gasteiger partial charge in [-0.3, -0.25) is 28.8 Å². The van der Waals surface area contributed by atoms with E-state index < -0.39 is 90.2 Å². The topological polar surface area (TPSA) is 301 Å². The summed E-state index contributed by atoms with van der Waals surface area (Å²) in [6.45, 7) is 8.46.